The van der Waals surface area contributed by atoms with E-state index in [0.29, 0.717) is 18.3 Å². The maximum absolute atomic E-state index is 12.9. The Labute approximate surface area is 139 Å². The molecule has 126 valence electrons. The molecular formula is C16H17N3O4S. The molecule has 2 atom stereocenters. The van der Waals surface area contributed by atoms with Gasteiger partial charge in [0.25, 0.3) is 15.7 Å². The van der Waals surface area contributed by atoms with E-state index in [9.17, 15) is 18.5 Å². The maximum atomic E-state index is 12.9. The SMILES string of the molecule is Cc1nn(S(=O)(=O)c2ccc([N+](=O)[O-])cc2)c2c1[C@H]1[C@H](C2)C1(C)C. The molecule has 0 unspecified atom stereocenters. The minimum absolute atomic E-state index is 0.0123. The highest BCUT2D eigenvalue weighted by Crippen LogP contribution is 2.70. The van der Waals surface area contributed by atoms with E-state index >= 15 is 0 Å². The minimum Gasteiger partial charge on any atom is -0.258 e. The highest BCUT2D eigenvalue weighted by molar-refractivity contribution is 7.89. The molecule has 2 aromatic rings. The van der Waals surface area contributed by atoms with Crippen LogP contribution in [0.1, 0.15) is 36.7 Å². The average molecular weight is 347 g/mol. The number of hydrogen-bond donors (Lipinski definition) is 0. The Bertz CT molecular complexity index is 973. The molecule has 8 heteroatoms. The van der Waals surface area contributed by atoms with Gasteiger partial charge in [0.2, 0.25) is 0 Å². The fourth-order valence-corrected chi connectivity index (χ4v) is 5.47. The number of nitro benzene ring substituents is 1. The summed E-state index contributed by atoms with van der Waals surface area (Å²) in [5.41, 5.74) is 2.66. The molecule has 1 aromatic heterocycles. The molecule has 2 aliphatic carbocycles. The largest absolute Gasteiger partial charge is 0.283 e. The lowest BCUT2D eigenvalue weighted by atomic mass is 9.98. The second-order valence-corrected chi connectivity index (χ2v) is 8.92. The van der Waals surface area contributed by atoms with Crippen LogP contribution in [0.3, 0.4) is 0 Å². The van der Waals surface area contributed by atoms with Crippen LogP contribution >= 0.6 is 0 Å². The summed E-state index contributed by atoms with van der Waals surface area (Å²) in [6.07, 6.45) is 0.708. The smallest absolute Gasteiger partial charge is 0.258 e. The van der Waals surface area contributed by atoms with Crippen molar-refractivity contribution in [3.63, 3.8) is 0 Å². The van der Waals surface area contributed by atoms with Crippen LogP contribution in [0.5, 0.6) is 0 Å². The van der Waals surface area contributed by atoms with Gasteiger partial charge in [-0.2, -0.15) is 17.6 Å². The van der Waals surface area contributed by atoms with Crippen LogP contribution in [0.25, 0.3) is 0 Å². The lowest BCUT2D eigenvalue weighted by Crippen LogP contribution is -2.18. The van der Waals surface area contributed by atoms with Crippen LogP contribution in [0.2, 0.25) is 0 Å². The second kappa shape index (κ2) is 4.44. The highest BCUT2D eigenvalue weighted by Gasteiger charge is 2.64. The first-order chi connectivity index (χ1) is 11.2. The fraction of sp³-hybridized carbons (Fsp3) is 0.438. The van der Waals surface area contributed by atoms with E-state index in [-0.39, 0.29) is 16.0 Å². The first-order valence-corrected chi connectivity index (χ1v) is 9.18. The molecule has 1 saturated carbocycles. The maximum Gasteiger partial charge on any atom is 0.283 e. The van der Waals surface area contributed by atoms with Gasteiger partial charge in [0, 0.05) is 17.7 Å². The van der Waals surface area contributed by atoms with Crippen LogP contribution in [-0.4, -0.2) is 22.5 Å². The predicted molar refractivity (Wildman–Crippen MR) is 86.4 cm³/mol. The van der Waals surface area contributed by atoms with Crippen LogP contribution in [0.4, 0.5) is 5.69 Å². The van der Waals surface area contributed by atoms with Gasteiger partial charge in [0.1, 0.15) is 0 Å². The van der Waals surface area contributed by atoms with Crippen LogP contribution in [0, 0.1) is 28.4 Å². The molecule has 0 aliphatic heterocycles. The molecule has 4 rings (SSSR count). The number of hydrogen-bond acceptors (Lipinski definition) is 5. The molecule has 0 saturated heterocycles. The summed E-state index contributed by atoms with van der Waals surface area (Å²) in [5.74, 6) is 0.857. The summed E-state index contributed by atoms with van der Waals surface area (Å²) in [5, 5.41) is 15.0. The number of rotatable bonds is 3. The summed E-state index contributed by atoms with van der Waals surface area (Å²) < 4.78 is 26.9. The quantitative estimate of drug-likeness (QED) is 0.628. The Hall–Kier alpha value is -2.22. The van der Waals surface area contributed by atoms with Gasteiger partial charge >= 0.3 is 0 Å². The first-order valence-electron chi connectivity index (χ1n) is 7.74. The molecule has 0 radical (unpaired) electrons. The lowest BCUT2D eigenvalue weighted by Gasteiger charge is -2.11. The summed E-state index contributed by atoms with van der Waals surface area (Å²) in [7, 11) is -3.84. The van der Waals surface area contributed by atoms with Gasteiger partial charge in [0.15, 0.2) is 0 Å². The third-order valence-electron chi connectivity index (χ3n) is 5.52. The number of nitro groups is 1. The summed E-state index contributed by atoms with van der Waals surface area (Å²) in [6, 6.07) is 4.92. The van der Waals surface area contributed by atoms with E-state index in [0.717, 1.165) is 21.0 Å². The van der Waals surface area contributed by atoms with Crippen molar-refractivity contribution in [2.75, 3.05) is 0 Å². The molecule has 24 heavy (non-hydrogen) atoms. The fourth-order valence-electron chi connectivity index (χ4n) is 4.10. The Kier molecular flexibility index (Phi) is 2.83. The van der Waals surface area contributed by atoms with Crippen molar-refractivity contribution in [3.05, 3.63) is 51.3 Å². The number of aryl methyl sites for hydroxylation is 1. The first kappa shape index (κ1) is 15.3. The Morgan fingerprint density at radius 1 is 1.29 bits per heavy atom. The van der Waals surface area contributed by atoms with Crippen molar-refractivity contribution in [2.45, 2.75) is 38.0 Å². The third-order valence-corrected chi connectivity index (χ3v) is 7.15. The molecule has 0 amide bonds. The number of benzene rings is 1. The van der Waals surface area contributed by atoms with Gasteiger partial charge in [-0.25, -0.2) is 0 Å². The Balaban J connectivity index is 1.79. The zero-order valence-corrected chi connectivity index (χ0v) is 14.4. The highest BCUT2D eigenvalue weighted by atomic mass is 32.2. The van der Waals surface area contributed by atoms with Gasteiger partial charge in [-0.1, -0.05) is 13.8 Å². The Morgan fingerprint density at radius 3 is 2.50 bits per heavy atom. The normalized spacial score (nSPS) is 23.6. The van der Waals surface area contributed by atoms with Gasteiger partial charge in [-0.15, -0.1) is 0 Å². The van der Waals surface area contributed by atoms with E-state index in [2.05, 4.69) is 18.9 Å². The topological polar surface area (TPSA) is 95.1 Å². The molecule has 2 aliphatic rings. The lowest BCUT2D eigenvalue weighted by molar-refractivity contribution is -0.384. The minimum atomic E-state index is -3.84. The van der Waals surface area contributed by atoms with E-state index in [1.54, 1.807) is 0 Å². The van der Waals surface area contributed by atoms with E-state index < -0.39 is 14.9 Å². The van der Waals surface area contributed by atoms with Gasteiger partial charge in [0.05, 0.1) is 21.2 Å². The molecule has 1 heterocycles. The molecule has 1 fully saturated rings. The molecule has 1 aromatic carbocycles. The van der Waals surface area contributed by atoms with Gasteiger partial charge in [-0.05, 0) is 42.7 Å². The predicted octanol–water partition coefficient (Wildman–Crippen LogP) is 2.63. The number of fused-ring (bicyclic) bond motifs is 3. The average Bonchev–Trinajstić information content (AvgIpc) is 2.85. The third kappa shape index (κ3) is 1.83. The monoisotopic (exact) mass is 347 g/mol. The van der Waals surface area contributed by atoms with Gasteiger partial charge < -0.3 is 0 Å². The molecular weight excluding hydrogens is 330 g/mol. The number of aromatic nitrogens is 2. The molecule has 0 N–H and O–H groups in total. The van der Waals surface area contributed by atoms with Crippen LogP contribution in [-0.2, 0) is 16.4 Å². The van der Waals surface area contributed by atoms with Crippen LogP contribution in [0.15, 0.2) is 29.2 Å². The van der Waals surface area contributed by atoms with E-state index in [1.165, 1.54) is 24.3 Å². The van der Waals surface area contributed by atoms with Crippen LogP contribution < -0.4 is 0 Å². The van der Waals surface area contributed by atoms with Crippen molar-refractivity contribution in [2.24, 2.45) is 11.3 Å². The summed E-state index contributed by atoms with van der Waals surface area (Å²) in [4.78, 5) is 10.2. The number of nitrogens with zero attached hydrogens (tertiary/aromatic N) is 3. The van der Waals surface area contributed by atoms with Crippen molar-refractivity contribution < 1.29 is 13.3 Å². The number of non-ortho nitro benzene ring substituents is 1. The summed E-state index contributed by atoms with van der Waals surface area (Å²) >= 11 is 0. The van der Waals surface area contributed by atoms with Gasteiger partial charge in [-0.3, -0.25) is 10.1 Å². The Morgan fingerprint density at radius 2 is 1.92 bits per heavy atom. The van der Waals surface area contributed by atoms with Crippen molar-refractivity contribution >= 4 is 15.7 Å². The zero-order valence-electron chi connectivity index (χ0n) is 13.6. The second-order valence-electron chi connectivity index (χ2n) is 7.15. The van der Waals surface area contributed by atoms with Crippen molar-refractivity contribution in [3.8, 4) is 0 Å². The molecule has 0 bridgehead atoms. The standard InChI is InChI=1S/C16H17N3O4S/c1-9-14-13(8-12-15(14)16(12,2)3)18(17-9)24(22,23)11-6-4-10(5-7-11)19(20)21/h4-7,12,15H,8H2,1-3H3/t12-,15+/m0/s1. The van der Waals surface area contributed by atoms with Crippen molar-refractivity contribution in [1.82, 2.24) is 9.19 Å². The van der Waals surface area contributed by atoms with E-state index in [4.69, 9.17) is 0 Å². The van der Waals surface area contributed by atoms with E-state index in [1.807, 2.05) is 6.92 Å². The zero-order chi connectivity index (χ0) is 17.4. The molecule has 7 nitrogen and oxygen atoms in total. The molecule has 0 spiro atoms. The van der Waals surface area contributed by atoms with Crippen molar-refractivity contribution in [1.29, 1.82) is 0 Å². The summed E-state index contributed by atoms with van der Waals surface area (Å²) in [6.45, 7) is 6.25.